The van der Waals surface area contributed by atoms with Gasteiger partial charge in [0.25, 0.3) is 5.91 Å². The Labute approximate surface area is 122 Å². The van der Waals surface area contributed by atoms with Crippen molar-refractivity contribution in [2.75, 3.05) is 13.1 Å². The molecule has 6 nitrogen and oxygen atoms in total. The second-order valence-electron chi connectivity index (χ2n) is 4.67. The van der Waals surface area contributed by atoms with Gasteiger partial charge < -0.3 is 15.6 Å². The maximum Gasteiger partial charge on any atom is 0.254 e. The van der Waals surface area contributed by atoms with Crippen LogP contribution >= 0.6 is 0 Å². The molecule has 0 radical (unpaired) electrons. The third-order valence-corrected chi connectivity index (χ3v) is 3.04. The maximum absolute atomic E-state index is 12.5. The lowest BCUT2D eigenvalue weighted by atomic mass is 10.2. The van der Waals surface area contributed by atoms with Crippen molar-refractivity contribution in [3.8, 4) is 0 Å². The zero-order valence-electron chi connectivity index (χ0n) is 11.7. The van der Waals surface area contributed by atoms with Gasteiger partial charge in [-0.15, -0.1) is 0 Å². The van der Waals surface area contributed by atoms with Crippen molar-refractivity contribution >= 4 is 5.91 Å². The minimum absolute atomic E-state index is 0.182. The summed E-state index contributed by atoms with van der Waals surface area (Å²) < 4.78 is 0. The number of rotatable bonds is 6. The van der Waals surface area contributed by atoms with E-state index >= 15 is 0 Å². The van der Waals surface area contributed by atoms with Gasteiger partial charge in [-0.25, -0.2) is 0 Å². The van der Waals surface area contributed by atoms with E-state index in [-0.39, 0.29) is 11.5 Å². The Bertz CT molecular complexity index is 639. The van der Waals surface area contributed by atoms with Crippen LogP contribution in [0.5, 0.6) is 0 Å². The molecule has 2 heterocycles. The molecule has 110 valence electrons. The summed E-state index contributed by atoms with van der Waals surface area (Å²) in [7, 11) is 0. The number of amides is 1. The second kappa shape index (κ2) is 7.35. The average molecular weight is 286 g/mol. The van der Waals surface area contributed by atoms with E-state index < -0.39 is 0 Å². The standard InChI is InChI=1S/C15H18N4O2/c16-5-2-8-19(11-12-3-1-6-17-10-12)15(21)13-4-7-18-14(20)9-13/h1,3-4,6-7,9-10H,2,5,8,11,16H2,(H,18,20). The smallest absolute Gasteiger partial charge is 0.254 e. The van der Waals surface area contributed by atoms with Crippen molar-refractivity contribution in [2.24, 2.45) is 5.73 Å². The van der Waals surface area contributed by atoms with E-state index in [1.807, 2.05) is 12.1 Å². The number of aromatic nitrogens is 2. The van der Waals surface area contributed by atoms with Gasteiger partial charge in [0.05, 0.1) is 0 Å². The van der Waals surface area contributed by atoms with Crippen molar-refractivity contribution in [1.82, 2.24) is 14.9 Å². The topological polar surface area (TPSA) is 92.1 Å². The molecule has 0 atom stereocenters. The van der Waals surface area contributed by atoms with E-state index in [9.17, 15) is 9.59 Å². The van der Waals surface area contributed by atoms with Crippen LogP contribution in [0.2, 0.25) is 0 Å². The first kappa shape index (κ1) is 14.9. The highest BCUT2D eigenvalue weighted by atomic mass is 16.2. The van der Waals surface area contributed by atoms with E-state index in [2.05, 4.69) is 9.97 Å². The lowest BCUT2D eigenvalue weighted by molar-refractivity contribution is 0.0742. The fourth-order valence-electron chi connectivity index (χ4n) is 2.01. The Morgan fingerprint density at radius 2 is 2.24 bits per heavy atom. The highest BCUT2D eigenvalue weighted by Crippen LogP contribution is 2.08. The van der Waals surface area contributed by atoms with Crippen molar-refractivity contribution in [2.45, 2.75) is 13.0 Å². The van der Waals surface area contributed by atoms with Gasteiger partial charge in [-0.2, -0.15) is 0 Å². The van der Waals surface area contributed by atoms with Crippen LogP contribution in [0.1, 0.15) is 22.3 Å². The number of aromatic amines is 1. The Morgan fingerprint density at radius 1 is 1.38 bits per heavy atom. The Morgan fingerprint density at radius 3 is 2.90 bits per heavy atom. The first-order chi connectivity index (χ1) is 10.2. The predicted octanol–water partition coefficient (Wildman–Crippen LogP) is 0.761. The molecule has 2 rings (SSSR count). The fraction of sp³-hybridized carbons (Fsp3) is 0.267. The SMILES string of the molecule is NCCCN(Cc1cccnc1)C(=O)c1cc[nH]c(=O)c1. The molecular weight excluding hydrogens is 268 g/mol. The van der Waals surface area contributed by atoms with Crippen molar-refractivity contribution in [3.63, 3.8) is 0 Å². The van der Waals surface area contributed by atoms with Crippen molar-refractivity contribution in [3.05, 3.63) is 64.3 Å². The number of hydrogen-bond donors (Lipinski definition) is 2. The maximum atomic E-state index is 12.5. The Hall–Kier alpha value is -2.47. The van der Waals surface area contributed by atoms with Crippen LogP contribution in [0.3, 0.4) is 0 Å². The zero-order valence-corrected chi connectivity index (χ0v) is 11.7. The fourth-order valence-corrected chi connectivity index (χ4v) is 2.01. The number of H-pyrrole nitrogens is 1. The molecule has 0 saturated carbocycles. The van der Waals surface area contributed by atoms with Gasteiger partial charge in [0.15, 0.2) is 0 Å². The molecule has 0 spiro atoms. The molecule has 6 heteroatoms. The summed E-state index contributed by atoms with van der Waals surface area (Å²) in [6, 6.07) is 6.64. The molecule has 0 aromatic carbocycles. The molecule has 2 aromatic rings. The molecule has 21 heavy (non-hydrogen) atoms. The summed E-state index contributed by atoms with van der Waals surface area (Å²) in [5.74, 6) is -0.182. The molecule has 0 fully saturated rings. The third-order valence-electron chi connectivity index (χ3n) is 3.04. The summed E-state index contributed by atoms with van der Waals surface area (Å²) in [6.45, 7) is 1.49. The number of carbonyl (C=O) groups excluding carboxylic acids is 1. The van der Waals surface area contributed by atoms with Crippen LogP contribution < -0.4 is 11.3 Å². The first-order valence-corrected chi connectivity index (χ1v) is 6.77. The molecule has 0 aliphatic rings. The quantitative estimate of drug-likeness (QED) is 0.820. The van der Waals surface area contributed by atoms with E-state index in [0.717, 1.165) is 5.56 Å². The van der Waals surface area contributed by atoms with Gasteiger partial charge in [0, 0.05) is 43.3 Å². The van der Waals surface area contributed by atoms with E-state index in [4.69, 9.17) is 5.73 Å². The number of nitrogens with one attached hydrogen (secondary N) is 1. The van der Waals surface area contributed by atoms with Crippen molar-refractivity contribution in [1.29, 1.82) is 0 Å². The van der Waals surface area contributed by atoms with Gasteiger partial charge in [0.1, 0.15) is 0 Å². The molecular formula is C15H18N4O2. The highest BCUT2D eigenvalue weighted by molar-refractivity contribution is 5.94. The lowest BCUT2D eigenvalue weighted by Crippen LogP contribution is -2.33. The van der Waals surface area contributed by atoms with Gasteiger partial charge in [-0.05, 0) is 30.7 Å². The van der Waals surface area contributed by atoms with Crippen LogP contribution in [0.4, 0.5) is 0 Å². The van der Waals surface area contributed by atoms with E-state index in [0.29, 0.717) is 31.6 Å². The summed E-state index contributed by atoms with van der Waals surface area (Å²) >= 11 is 0. The summed E-state index contributed by atoms with van der Waals surface area (Å²) in [5.41, 5.74) is 6.55. The molecule has 3 N–H and O–H groups in total. The van der Waals surface area contributed by atoms with Gasteiger partial charge in [-0.3, -0.25) is 14.6 Å². The number of pyridine rings is 2. The van der Waals surface area contributed by atoms with Crippen LogP contribution in [0.15, 0.2) is 47.7 Å². The van der Waals surface area contributed by atoms with Crippen LogP contribution in [0.25, 0.3) is 0 Å². The first-order valence-electron chi connectivity index (χ1n) is 6.77. The van der Waals surface area contributed by atoms with E-state index in [1.165, 1.54) is 12.3 Å². The molecule has 2 aromatic heterocycles. The van der Waals surface area contributed by atoms with Gasteiger partial charge >= 0.3 is 0 Å². The van der Waals surface area contributed by atoms with E-state index in [1.54, 1.807) is 23.4 Å². The van der Waals surface area contributed by atoms with Crippen LogP contribution in [-0.2, 0) is 6.54 Å². The largest absolute Gasteiger partial charge is 0.334 e. The Kier molecular flexibility index (Phi) is 5.22. The molecule has 0 aliphatic carbocycles. The number of nitrogens with two attached hydrogens (primary N) is 1. The normalized spacial score (nSPS) is 10.3. The molecule has 1 amide bonds. The summed E-state index contributed by atoms with van der Waals surface area (Å²) in [4.78, 5) is 32.1. The number of carbonyl (C=O) groups is 1. The molecule has 0 aliphatic heterocycles. The van der Waals surface area contributed by atoms with Crippen LogP contribution in [0, 0.1) is 0 Å². The minimum Gasteiger partial charge on any atom is -0.334 e. The predicted molar refractivity (Wildman–Crippen MR) is 79.7 cm³/mol. The number of nitrogens with zero attached hydrogens (tertiary/aromatic N) is 2. The van der Waals surface area contributed by atoms with Gasteiger partial charge in [-0.1, -0.05) is 6.07 Å². The summed E-state index contributed by atoms with van der Waals surface area (Å²) in [5, 5.41) is 0. The van der Waals surface area contributed by atoms with Gasteiger partial charge in [0.2, 0.25) is 5.56 Å². The monoisotopic (exact) mass is 286 g/mol. The molecule has 0 saturated heterocycles. The van der Waals surface area contributed by atoms with Crippen molar-refractivity contribution < 1.29 is 4.79 Å². The third kappa shape index (κ3) is 4.25. The lowest BCUT2D eigenvalue weighted by Gasteiger charge is -2.22. The number of hydrogen-bond acceptors (Lipinski definition) is 4. The Balaban J connectivity index is 2.18. The minimum atomic E-state index is -0.291. The molecule has 0 unspecified atom stereocenters. The summed E-state index contributed by atoms with van der Waals surface area (Å²) in [6.07, 6.45) is 5.59. The zero-order chi connectivity index (χ0) is 15.1. The van der Waals surface area contributed by atoms with Crippen LogP contribution in [-0.4, -0.2) is 33.9 Å². The average Bonchev–Trinajstić information content (AvgIpc) is 2.51. The molecule has 0 bridgehead atoms. The highest BCUT2D eigenvalue weighted by Gasteiger charge is 2.16. The second-order valence-corrected chi connectivity index (χ2v) is 4.67.